The second-order valence-corrected chi connectivity index (χ2v) is 8.05. The van der Waals surface area contributed by atoms with Crippen LogP contribution in [0.1, 0.15) is 53.4 Å². The highest BCUT2D eigenvalue weighted by molar-refractivity contribution is 6.31. The molecule has 7 heteroatoms. The van der Waals surface area contributed by atoms with E-state index in [2.05, 4.69) is 21.4 Å². The molecule has 1 N–H and O–H groups in total. The first-order valence-electron chi connectivity index (χ1n) is 10.00. The number of piperidine rings is 1. The summed E-state index contributed by atoms with van der Waals surface area (Å²) in [4.78, 5) is 14.8. The van der Waals surface area contributed by atoms with Crippen LogP contribution < -0.4 is 5.32 Å². The average Bonchev–Trinajstić information content (AvgIpc) is 3.22. The highest BCUT2D eigenvalue weighted by Crippen LogP contribution is 2.29. The number of likely N-dealkylation sites (tertiary alicyclic amines) is 1. The number of amides is 1. The minimum Gasteiger partial charge on any atom is -0.379 e. The summed E-state index contributed by atoms with van der Waals surface area (Å²) in [5.74, 6) is 0.412. The van der Waals surface area contributed by atoms with Crippen molar-refractivity contribution in [2.45, 2.75) is 44.2 Å². The Balaban J connectivity index is 1.29. The molecule has 1 aromatic carbocycles. The van der Waals surface area contributed by atoms with Crippen molar-refractivity contribution < 1.29 is 14.1 Å². The van der Waals surface area contributed by atoms with E-state index in [9.17, 15) is 4.79 Å². The van der Waals surface area contributed by atoms with E-state index in [1.807, 2.05) is 18.2 Å². The summed E-state index contributed by atoms with van der Waals surface area (Å²) in [6.07, 6.45) is 3.90. The first kappa shape index (κ1) is 19.4. The minimum absolute atomic E-state index is 0.0582. The molecule has 1 unspecified atom stereocenters. The van der Waals surface area contributed by atoms with Gasteiger partial charge in [0.25, 0.3) is 5.91 Å². The Kier molecular flexibility index (Phi) is 6.29. The first-order valence-corrected chi connectivity index (χ1v) is 10.4. The maximum atomic E-state index is 12.4. The van der Waals surface area contributed by atoms with Crippen molar-refractivity contribution in [3.8, 4) is 0 Å². The van der Waals surface area contributed by atoms with E-state index in [0.29, 0.717) is 18.3 Å². The number of nitrogens with zero attached hydrogens (tertiary/aromatic N) is 2. The van der Waals surface area contributed by atoms with Crippen molar-refractivity contribution in [1.82, 2.24) is 15.4 Å². The van der Waals surface area contributed by atoms with E-state index in [-0.39, 0.29) is 11.9 Å². The van der Waals surface area contributed by atoms with Gasteiger partial charge in [0.05, 0.1) is 18.3 Å². The van der Waals surface area contributed by atoms with Gasteiger partial charge >= 0.3 is 0 Å². The summed E-state index contributed by atoms with van der Waals surface area (Å²) >= 11 is 6.28. The number of aromatic nitrogens is 1. The van der Waals surface area contributed by atoms with E-state index in [1.165, 1.54) is 0 Å². The van der Waals surface area contributed by atoms with Crippen molar-refractivity contribution in [3.63, 3.8) is 0 Å². The zero-order valence-electron chi connectivity index (χ0n) is 15.9. The Labute approximate surface area is 170 Å². The Morgan fingerprint density at radius 1 is 1.25 bits per heavy atom. The highest BCUT2D eigenvalue weighted by atomic mass is 35.5. The zero-order chi connectivity index (χ0) is 19.3. The van der Waals surface area contributed by atoms with Crippen molar-refractivity contribution in [3.05, 3.63) is 52.4 Å². The predicted molar refractivity (Wildman–Crippen MR) is 107 cm³/mol. The second kappa shape index (κ2) is 9.07. The molecule has 2 saturated heterocycles. The number of halogens is 1. The van der Waals surface area contributed by atoms with Gasteiger partial charge in [-0.15, -0.1) is 0 Å². The van der Waals surface area contributed by atoms with E-state index in [4.69, 9.17) is 20.9 Å². The predicted octanol–water partition coefficient (Wildman–Crippen LogP) is 3.62. The van der Waals surface area contributed by atoms with Crippen LogP contribution in [0.5, 0.6) is 0 Å². The molecular formula is C21H26ClN3O3. The molecule has 1 amide bonds. The van der Waals surface area contributed by atoms with E-state index >= 15 is 0 Å². The van der Waals surface area contributed by atoms with Gasteiger partial charge in [0.2, 0.25) is 5.76 Å². The number of carbonyl (C=O) groups excluding carboxylic acids is 1. The van der Waals surface area contributed by atoms with Crippen molar-refractivity contribution in [2.75, 3.05) is 26.3 Å². The molecule has 150 valence electrons. The lowest BCUT2D eigenvalue weighted by Gasteiger charge is -2.31. The summed E-state index contributed by atoms with van der Waals surface area (Å²) in [5.41, 5.74) is 2.04. The SMILES string of the molecule is O=C(NC1CCCOC1)c1cc(C2CCN(Cc3ccccc3Cl)CC2)no1. The minimum atomic E-state index is -0.203. The fraction of sp³-hybridized carbons (Fsp3) is 0.524. The fourth-order valence-corrected chi connectivity index (χ4v) is 4.15. The molecule has 28 heavy (non-hydrogen) atoms. The van der Waals surface area contributed by atoms with Crippen LogP contribution in [0, 0.1) is 0 Å². The van der Waals surface area contributed by atoms with Gasteiger partial charge in [0, 0.05) is 30.2 Å². The molecule has 2 fully saturated rings. The summed E-state index contributed by atoms with van der Waals surface area (Å²) in [7, 11) is 0. The first-order chi connectivity index (χ1) is 13.7. The van der Waals surface area contributed by atoms with Gasteiger partial charge in [0.15, 0.2) is 0 Å². The molecule has 0 bridgehead atoms. The zero-order valence-corrected chi connectivity index (χ0v) is 16.7. The molecule has 6 nitrogen and oxygen atoms in total. The molecular weight excluding hydrogens is 378 g/mol. The molecule has 0 saturated carbocycles. The largest absolute Gasteiger partial charge is 0.379 e. The monoisotopic (exact) mass is 403 g/mol. The molecule has 1 atom stereocenters. The molecule has 4 rings (SSSR count). The topological polar surface area (TPSA) is 67.6 Å². The molecule has 2 aromatic rings. The lowest BCUT2D eigenvalue weighted by molar-refractivity contribution is 0.0608. The van der Waals surface area contributed by atoms with Gasteiger partial charge < -0.3 is 14.6 Å². The van der Waals surface area contributed by atoms with Crippen molar-refractivity contribution >= 4 is 17.5 Å². The van der Waals surface area contributed by atoms with Crippen LogP contribution in [0.2, 0.25) is 5.02 Å². The fourth-order valence-electron chi connectivity index (χ4n) is 3.95. The van der Waals surface area contributed by atoms with Crippen LogP contribution in [0.15, 0.2) is 34.9 Å². The Morgan fingerprint density at radius 3 is 2.82 bits per heavy atom. The lowest BCUT2D eigenvalue weighted by Crippen LogP contribution is -2.40. The van der Waals surface area contributed by atoms with E-state index < -0.39 is 0 Å². The Bertz CT molecular complexity index is 796. The summed E-state index contributed by atoms with van der Waals surface area (Å²) in [6, 6.07) is 9.85. The molecule has 2 aliphatic heterocycles. The third-order valence-electron chi connectivity index (χ3n) is 5.61. The third kappa shape index (κ3) is 4.74. The molecule has 0 radical (unpaired) electrons. The Hall–Kier alpha value is -1.89. The number of hydrogen-bond donors (Lipinski definition) is 1. The molecule has 3 heterocycles. The number of benzene rings is 1. The van der Waals surface area contributed by atoms with Crippen LogP contribution in [0.4, 0.5) is 0 Å². The normalized spacial score (nSPS) is 21.5. The number of nitrogens with one attached hydrogen (secondary N) is 1. The number of rotatable bonds is 5. The van der Waals surface area contributed by atoms with E-state index in [1.54, 1.807) is 6.07 Å². The number of hydrogen-bond acceptors (Lipinski definition) is 5. The van der Waals surface area contributed by atoms with Gasteiger partial charge in [-0.1, -0.05) is 35.0 Å². The van der Waals surface area contributed by atoms with Gasteiger partial charge in [-0.3, -0.25) is 9.69 Å². The van der Waals surface area contributed by atoms with Gasteiger partial charge in [0.1, 0.15) is 0 Å². The summed E-state index contributed by atoms with van der Waals surface area (Å²) < 4.78 is 10.7. The molecule has 0 aliphatic carbocycles. The second-order valence-electron chi connectivity index (χ2n) is 7.65. The van der Waals surface area contributed by atoms with Gasteiger partial charge in [-0.25, -0.2) is 0 Å². The molecule has 1 aromatic heterocycles. The number of carbonyl (C=O) groups is 1. The van der Waals surface area contributed by atoms with Crippen LogP contribution in [-0.2, 0) is 11.3 Å². The smallest absolute Gasteiger partial charge is 0.290 e. The maximum Gasteiger partial charge on any atom is 0.290 e. The van der Waals surface area contributed by atoms with Crippen molar-refractivity contribution in [1.29, 1.82) is 0 Å². The standard InChI is InChI=1S/C21H26ClN3O3/c22-18-6-2-1-4-16(18)13-25-9-7-15(8-10-25)19-12-20(28-24-19)21(26)23-17-5-3-11-27-14-17/h1-2,4,6,12,15,17H,3,5,7-11,13-14H2,(H,23,26). The van der Waals surface area contributed by atoms with Crippen LogP contribution in [0.25, 0.3) is 0 Å². The summed E-state index contributed by atoms with van der Waals surface area (Å²) in [6.45, 7) is 4.15. The summed E-state index contributed by atoms with van der Waals surface area (Å²) in [5, 5.41) is 7.96. The average molecular weight is 404 g/mol. The van der Waals surface area contributed by atoms with Crippen LogP contribution in [0.3, 0.4) is 0 Å². The number of ether oxygens (including phenoxy) is 1. The lowest BCUT2D eigenvalue weighted by atomic mass is 9.93. The Morgan fingerprint density at radius 2 is 2.07 bits per heavy atom. The van der Waals surface area contributed by atoms with Gasteiger partial charge in [-0.2, -0.15) is 0 Å². The molecule has 0 spiro atoms. The van der Waals surface area contributed by atoms with Gasteiger partial charge in [-0.05, 0) is 50.4 Å². The van der Waals surface area contributed by atoms with Crippen LogP contribution >= 0.6 is 11.6 Å². The quantitative estimate of drug-likeness (QED) is 0.825. The third-order valence-corrected chi connectivity index (χ3v) is 5.97. The maximum absolute atomic E-state index is 12.4. The highest BCUT2D eigenvalue weighted by Gasteiger charge is 2.26. The van der Waals surface area contributed by atoms with Crippen molar-refractivity contribution in [2.24, 2.45) is 0 Å². The molecule has 2 aliphatic rings. The van der Waals surface area contributed by atoms with Crippen LogP contribution in [-0.4, -0.2) is 48.3 Å². The van der Waals surface area contributed by atoms with E-state index in [0.717, 1.165) is 68.2 Å².